The van der Waals surface area contributed by atoms with E-state index in [4.69, 9.17) is 0 Å². The fourth-order valence-corrected chi connectivity index (χ4v) is 4.92. The summed E-state index contributed by atoms with van der Waals surface area (Å²) in [7, 11) is 6.03. The lowest BCUT2D eigenvalue weighted by Gasteiger charge is -2.21. The highest BCUT2D eigenvalue weighted by atomic mass is 16.2. The number of amides is 2. The van der Waals surface area contributed by atoms with Crippen LogP contribution in [0.3, 0.4) is 0 Å². The highest BCUT2D eigenvalue weighted by Gasteiger charge is 2.24. The van der Waals surface area contributed by atoms with Crippen LogP contribution in [0.15, 0.2) is 85.1 Å². The molecular weight excluding hydrogens is 460 g/mol. The highest BCUT2D eigenvalue weighted by molar-refractivity contribution is 6.09. The minimum atomic E-state index is -0.187. The standard InChI is InChI=1S/C31H32N4O2/c1-33(2)25-17-13-22(14-18-25)26-8-4-5-9-27(26)30(36)32-24-15-11-23(12-16-24)31(37)35-20-7-6-10-28-29(35)19-21-34(28)3/h4-5,8-9,11-19,21H,6-7,10,20H2,1-3H3,(H,32,36). The summed E-state index contributed by atoms with van der Waals surface area (Å²) in [6, 6.07) is 24.9. The molecule has 0 atom stereocenters. The SMILES string of the molecule is CN(C)c1ccc(-c2ccccc2C(=O)Nc2ccc(C(=O)N3CCCCc4c3ccn4C)cc2)cc1. The van der Waals surface area contributed by atoms with Gasteiger partial charge in [-0.1, -0.05) is 30.3 Å². The van der Waals surface area contributed by atoms with E-state index in [1.807, 2.05) is 91.7 Å². The number of carbonyl (C=O) groups is 2. The van der Waals surface area contributed by atoms with Crippen molar-refractivity contribution in [3.05, 3.63) is 102 Å². The third-order valence-electron chi connectivity index (χ3n) is 7.01. The fourth-order valence-electron chi connectivity index (χ4n) is 4.92. The second kappa shape index (κ2) is 10.3. The molecule has 0 unspecified atom stereocenters. The quantitative estimate of drug-likeness (QED) is 0.372. The predicted octanol–water partition coefficient (Wildman–Crippen LogP) is 5.99. The van der Waals surface area contributed by atoms with Crippen LogP contribution in [0.1, 0.15) is 39.3 Å². The van der Waals surface area contributed by atoms with Gasteiger partial charge in [-0.25, -0.2) is 0 Å². The monoisotopic (exact) mass is 492 g/mol. The first-order chi connectivity index (χ1) is 17.9. The largest absolute Gasteiger partial charge is 0.378 e. The highest BCUT2D eigenvalue weighted by Crippen LogP contribution is 2.29. The van der Waals surface area contributed by atoms with E-state index in [1.54, 1.807) is 24.3 Å². The molecule has 0 aliphatic carbocycles. The molecule has 4 aromatic rings. The molecule has 1 aliphatic heterocycles. The first kappa shape index (κ1) is 24.4. The van der Waals surface area contributed by atoms with Crippen LogP contribution in [0.4, 0.5) is 17.1 Å². The van der Waals surface area contributed by atoms with Gasteiger partial charge in [0.25, 0.3) is 11.8 Å². The Labute approximate surface area is 218 Å². The Bertz CT molecular complexity index is 1420. The molecule has 0 bridgehead atoms. The summed E-state index contributed by atoms with van der Waals surface area (Å²) in [6.07, 6.45) is 5.05. The van der Waals surface area contributed by atoms with Gasteiger partial charge in [0.15, 0.2) is 0 Å². The number of rotatable bonds is 5. The molecular formula is C31H32N4O2. The van der Waals surface area contributed by atoms with Crippen molar-refractivity contribution in [3.8, 4) is 11.1 Å². The van der Waals surface area contributed by atoms with Crippen LogP contribution in [0.2, 0.25) is 0 Å². The van der Waals surface area contributed by atoms with E-state index in [-0.39, 0.29) is 11.8 Å². The van der Waals surface area contributed by atoms with E-state index < -0.39 is 0 Å². The maximum Gasteiger partial charge on any atom is 0.258 e. The Balaban J connectivity index is 1.33. The normalized spacial score (nSPS) is 13.0. The lowest BCUT2D eigenvalue weighted by atomic mass is 9.98. The van der Waals surface area contributed by atoms with Gasteiger partial charge in [-0.05, 0) is 78.9 Å². The van der Waals surface area contributed by atoms with Crippen LogP contribution < -0.4 is 15.1 Å². The zero-order chi connectivity index (χ0) is 25.9. The molecule has 6 nitrogen and oxygen atoms in total. The van der Waals surface area contributed by atoms with Crippen LogP contribution >= 0.6 is 0 Å². The minimum Gasteiger partial charge on any atom is -0.378 e. The summed E-state index contributed by atoms with van der Waals surface area (Å²) in [5.41, 5.74) is 7.01. The Kier molecular flexibility index (Phi) is 6.82. The average molecular weight is 493 g/mol. The lowest BCUT2D eigenvalue weighted by molar-refractivity contribution is 0.0985. The number of nitrogens with one attached hydrogen (secondary N) is 1. The molecule has 0 fully saturated rings. The van der Waals surface area contributed by atoms with Crippen LogP contribution in [-0.4, -0.2) is 37.0 Å². The molecule has 0 radical (unpaired) electrons. The molecule has 5 rings (SSSR count). The van der Waals surface area contributed by atoms with E-state index in [2.05, 4.69) is 9.88 Å². The summed E-state index contributed by atoms with van der Waals surface area (Å²) in [5, 5.41) is 3.00. The number of carbonyl (C=O) groups excluding carboxylic acids is 2. The average Bonchev–Trinajstić information content (AvgIpc) is 3.14. The van der Waals surface area contributed by atoms with Gasteiger partial charge in [-0.15, -0.1) is 0 Å². The Morgan fingerprint density at radius 2 is 1.59 bits per heavy atom. The van der Waals surface area contributed by atoms with Crippen molar-refractivity contribution >= 4 is 28.9 Å². The fraction of sp³-hybridized carbons (Fsp3) is 0.226. The first-order valence-corrected chi connectivity index (χ1v) is 12.7. The third-order valence-corrected chi connectivity index (χ3v) is 7.01. The number of anilines is 3. The molecule has 1 N–H and O–H groups in total. The Hall–Kier alpha value is -4.32. The van der Waals surface area contributed by atoms with Crippen molar-refractivity contribution in [2.75, 3.05) is 35.8 Å². The number of aromatic nitrogens is 1. The number of aryl methyl sites for hydroxylation is 1. The van der Waals surface area contributed by atoms with Crippen LogP contribution in [0, 0.1) is 0 Å². The molecule has 2 amide bonds. The smallest absolute Gasteiger partial charge is 0.258 e. The summed E-state index contributed by atoms with van der Waals surface area (Å²) >= 11 is 0. The van der Waals surface area contributed by atoms with Crippen molar-refractivity contribution in [1.29, 1.82) is 0 Å². The molecule has 2 heterocycles. The molecule has 6 heteroatoms. The second-order valence-corrected chi connectivity index (χ2v) is 9.69. The van der Waals surface area contributed by atoms with Gasteiger partial charge in [0, 0.05) is 62.1 Å². The first-order valence-electron chi connectivity index (χ1n) is 12.7. The van der Waals surface area contributed by atoms with Gasteiger partial charge in [0.05, 0.1) is 5.69 Å². The predicted molar refractivity (Wildman–Crippen MR) is 151 cm³/mol. The topological polar surface area (TPSA) is 57.6 Å². The van der Waals surface area contributed by atoms with Crippen molar-refractivity contribution in [1.82, 2.24) is 4.57 Å². The maximum atomic E-state index is 13.4. The zero-order valence-electron chi connectivity index (χ0n) is 21.6. The van der Waals surface area contributed by atoms with Gasteiger partial charge in [0.2, 0.25) is 0 Å². The number of fused-ring (bicyclic) bond motifs is 1. The summed E-state index contributed by atoms with van der Waals surface area (Å²) in [4.78, 5) is 30.5. The third kappa shape index (κ3) is 5.00. The van der Waals surface area contributed by atoms with Crippen LogP contribution in [0.25, 0.3) is 11.1 Å². The molecule has 0 spiro atoms. The van der Waals surface area contributed by atoms with E-state index >= 15 is 0 Å². The minimum absolute atomic E-state index is 0.0151. The van der Waals surface area contributed by atoms with E-state index in [9.17, 15) is 9.59 Å². The number of hydrogen-bond donors (Lipinski definition) is 1. The molecule has 188 valence electrons. The molecule has 3 aromatic carbocycles. The Morgan fingerprint density at radius 1 is 0.865 bits per heavy atom. The molecule has 1 aliphatic rings. The summed E-state index contributed by atoms with van der Waals surface area (Å²) in [5.74, 6) is -0.202. The lowest BCUT2D eigenvalue weighted by Crippen LogP contribution is -2.31. The van der Waals surface area contributed by atoms with Gasteiger partial charge in [-0.3, -0.25) is 9.59 Å². The number of hydrogen-bond acceptors (Lipinski definition) is 3. The van der Waals surface area contributed by atoms with Crippen molar-refractivity contribution < 1.29 is 9.59 Å². The molecule has 1 aromatic heterocycles. The van der Waals surface area contributed by atoms with Gasteiger partial charge in [0.1, 0.15) is 0 Å². The van der Waals surface area contributed by atoms with E-state index in [0.717, 1.165) is 41.8 Å². The maximum absolute atomic E-state index is 13.4. The molecule has 37 heavy (non-hydrogen) atoms. The van der Waals surface area contributed by atoms with Crippen LogP contribution in [-0.2, 0) is 13.5 Å². The molecule has 0 saturated carbocycles. The number of nitrogens with zero attached hydrogens (tertiary/aromatic N) is 3. The summed E-state index contributed by atoms with van der Waals surface area (Å²) < 4.78 is 2.11. The summed E-state index contributed by atoms with van der Waals surface area (Å²) in [6.45, 7) is 0.709. The van der Waals surface area contributed by atoms with Gasteiger partial charge in [-0.2, -0.15) is 0 Å². The second-order valence-electron chi connectivity index (χ2n) is 9.69. The van der Waals surface area contributed by atoms with E-state index in [1.165, 1.54) is 5.69 Å². The number of benzene rings is 3. The van der Waals surface area contributed by atoms with Crippen molar-refractivity contribution in [2.45, 2.75) is 19.3 Å². The van der Waals surface area contributed by atoms with Crippen LogP contribution in [0.5, 0.6) is 0 Å². The zero-order valence-corrected chi connectivity index (χ0v) is 21.6. The molecule has 0 saturated heterocycles. The van der Waals surface area contributed by atoms with Gasteiger partial charge >= 0.3 is 0 Å². The van der Waals surface area contributed by atoms with Crippen molar-refractivity contribution in [2.24, 2.45) is 7.05 Å². The van der Waals surface area contributed by atoms with E-state index in [0.29, 0.717) is 23.4 Å². The van der Waals surface area contributed by atoms with Crippen molar-refractivity contribution in [3.63, 3.8) is 0 Å². The Morgan fingerprint density at radius 3 is 2.32 bits per heavy atom. The van der Waals surface area contributed by atoms with Gasteiger partial charge < -0.3 is 19.7 Å².